The molecule has 0 saturated heterocycles. The van der Waals surface area contributed by atoms with Gasteiger partial charge in [-0.15, -0.1) is 11.3 Å². The molecule has 0 bridgehead atoms. The Hall–Kier alpha value is -1.85. The van der Waals surface area contributed by atoms with Crippen molar-refractivity contribution in [2.45, 2.75) is 20.0 Å². The average Bonchev–Trinajstić information content (AvgIpc) is 2.91. The average molecular weight is 305 g/mol. The zero-order valence-corrected chi connectivity index (χ0v) is 12.9. The van der Waals surface area contributed by atoms with Crippen LogP contribution in [0.2, 0.25) is 0 Å². The first kappa shape index (κ1) is 15.5. The predicted octanol–water partition coefficient (Wildman–Crippen LogP) is 2.92. The predicted molar refractivity (Wildman–Crippen MR) is 84.0 cm³/mol. The first-order chi connectivity index (χ1) is 10.1. The molecule has 1 unspecified atom stereocenters. The second-order valence-corrected chi connectivity index (χ2v) is 5.57. The lowest BCUT2D eigenvalue weighted by atomic mass is 10.1. The molecular weight excluding hydrogens is 286 g/mol. The molecule has 0 aliphatic heterocycles. The molecule has 1 aromatic heterocycles. The molecule has 2 N–H and O–H groups in total. The number of aliphatic hydroxyl groups excluding tert-OH is 1. The summed E-state index contributed by atoms with van der Waals surface area (Å²) < 4.78 is 5.44. The molecule has 1 heterocycles. The van der Waals surface area contributed by atoms with Gasteiger partial charge in [0.2, 0.25) is 0 Å². The number of thiophene rings is 1. The lowest BCUT2D eigenvalue weighted by molar-refractivity contribution is 0.0914. The summed E-state index contributed by atoms with van der Waals surface area (Å²) in [5.41, 5.74) is 1.52. The van der Waals surface area contributed by atoms with Crippen LogP contribution in [0.3, 0.4) is 0 Å². The third-order valence-electron chi connectivity index (χ3n) is 3.09. The Balaban J connectivity index is 2.00. The van der Waals surface area contributed by atoms with Gasteiger partial charge < -0.3 is 15.2 Å². The number of hydrogen-bond donors (Lipinski definition) is 2. The van der Waals surface area contributed by atoms with Crippen LogP contribution in [0.4, 0.5) is 0 Å². The van der Waals surface area contributed by atoms with Crippen LogP contribution in [0.1, 0.15) is 33.8 Å². The number of benzene rings is 1. The SMILES string of the molecule is CCOc1ccccc1C(=O)NCC(O)c1sccc1C. The minimum Gasteiger partial charge on any atom is -0.493 e. The van der Waals surface area contributed by atoms with E-state index >= 15 is 0 Å². The summed E-state index contributed by atoms with van der Waals surface area (Å²) in [5.74, 6) is 0.312. The summed E-state index contributed by atoms with van der Waals surface area (Å²) in [6.45, 7) is 4.50. The summed E-state index contributed by atoms with van der Waals surface area (Å²) >= 11 is 1.49. The van der Waals surface area contributed by atoms with Gasteiger partial charge in [-0.2, -0.15) is 0 Å². The van der Waals surface area contributed by atoms with Crippen molar-refractivity contribution in [2.24, 2.45) is 0 Å². The van der Waals surface area contributed by atoms with Crippen LogP contribution >= 0.6 is 11.3 Å². The summed E-state index contributed by atoms with van der Waals surface area (Å²) in [6.07, 6.45) is -0.687. The normalized spacial score (nSPS) is 12.0. The van der Waals surface area contributed by atoms with Crippen molar-refractivity contribution in [1.29, 1.82) is 0 Å². The molecule has 0 fully saturated rings. The third kappa shape index (κ3) is 3.83. The number of rotatable bonds is 6. The van der Waals surface area contributed by atoms with E-state index in [4.69, 9.17) is 4.74 Å². The molecule has 0 aliphatic carbocycles. The van der Waals surface area contributed by atoms with Crippen LogP contribution in [0.15, 0.2) is 35.7 Å². The number of hydrogen-bond acceptors (Lipinski definition) is 4. The van der Waals surface area contributed by atoms with E-state index in [0.29, 0.717) is 17.9 Å². The van der Waals surface area contributed by atoms with Crippen LogP contribution in [-0.2, 0) is 0 Å². The molecule has 0 radical (unpaired) electrons. The number of aryl methyl sites for hydroxylation is 1. The largest absolute Gasteiger partial charge is 0.493 e. The second-order valence-electron chi connectivity index (χ2n) is 4.62. The molecule has 2 aromatic rings. The summed E-state index contributed by atoms with van der Waals surface area (Å²) in [6, 6.07) is 9.04. The molecule has 0 spiro atoms. The highest BCUT2D eigenvalue weighted by atomic mass is 32.1. The van der Waals surface area contributed by atoms with E-state index in [1.165, 1.54) is 11.3 Å². The molecule has 4 nitrogen and oxygen atoms in total. The Bertz CT molecular complexity index is 609. The molecule has 1 aromatic carbocycles. The zero-order valence-electron chi connectivity index (χ0n) is 12.1. The lowest BCUT2D eigenvalue weighted by Gasteiger charge is -2.13. The third-order valence-corrected chi connectivity index (χ3v) is 4.21. The van der Waals surface area contributed by atoms with E-state index in [2.05, 4.69) is 5.32 Å². The highest BCUT2D eigenvalue weighted by Crippen LogP contribution is 2.23. The number of ether oxygens (including phenoxy) is 1. The fourth-order valence-corrected chi connectivity index (χ4v) is 2.95. The van der Waals surface area contributed by atoms with Crippen molar-refractivity contribution < 1.29 is 14.6 Å². The number of nitrogens with one attached hydrogen (secondary N) is 1. The quantitative estimate of drug-likeness (QED) is 0.862. The molecule has 0 aliphatic rings. The second kappa shape index (κ2) is 7.24. The van der Waals surface area contributed by atoms with Gasteiger partial charge in [-0.25, -0.2) is 0 Å². The maximum absolute atomic E-state index is 12.2. The monoisotopic (exact) mass is 305 g/mol. The highest BCUT2D eigenvalue weighted by molar-refractivity contribution is 7.10. The Kier molecular flexibility index (Phi) is 5.36. The maximum atomic E-state index is 12.2. The van der Waals surface area contributed by atoms with Crippen molar-refractivity contribution >= 4 is 17.2 Å². The maximum Gasteiger partial charge on any atom is 0.255 e. The van der Waals surface area contributed by atoms with E-state index in [0.717, 1.165) is 10.4 Å². The Morgan fingerprint density at radius 2 is 2.14 bits per heavy atom. The van der Waals surface area contributed by atoms with Crippen molar-refractivity contribution in [3.05, 3.63) is 51.7 Å². The van der Waals surface area contributed by atoms with Crippen molar-refractivity contribution in [3.63, 3.8) is 0 Å². The van der Waals surface area contributed by atoms with Gasteiger partial charge >= 0.3 is 0 Å². The molecular formula is C16H19NO3S. The first-order valence-corrected chi connectivity index (χ1v) is 7.73. The number of carbonyl (C=O) groups is 1. The van der Waals surface area contributed by atoms with Gasteiger partial charge in [0.1, 0.15) is 11.9 Å². The van der Waals surface area contributed by atoms with E-state index in [9.17, 15) is 9.90 Å². The van der Waals surface area contributed by atoms with Gasteiger partial charge in [0.05, 0.1) is 12.2 Å². The minimum atomic E-state index is -0.687. The van der Waals surface area contributed by atoms with Crippen molar-refractivity contribution in [2.75, 3.05) is 13.2 Å². The number of carbonyl (C=O) groups excluding carboxylic acids is 1. The van der Waals surface area contributed by atoms with Crippen molar-refractivity contribution in [1.82, 2.24) is 5.32 Å². The smallest absolute Gasteiger partial charge is 0.255 e. The minimum absolute atomic E-state index is 0.181. The topological polar surface area (TPSA) is 58.6 Å². The van der Waals surface area contributed by atoms with Crippen LogP contribution in [-0.4, -0.2) is 24.2 Å². The van der Waals surface area contributed by atoms with Gasteiger partial charge in [-0.1, -0.05) is 12.1 Å². The number of amides is 1. The van der Waals surface area contributed by atoms with Gasteiger partial charge in [-0.3, -0.25) is 4.79 Å². The Morgan fingerprint density at radius 3 is 2.81 bits per heavy atom. The van der Waals surface area contributed by atoms with Gasteiger partial charge in [0.25, 0.3) is 5.91 Å². The van der Waals surface area contributed by atoms with Crippen LogP contribution in [0.25, 0.3) is 0 Å². The van der Waals surface area contributed by atoms with Crippen LogP contribution < -0.4 is 10.1 Å². The standard InChI is InChI=1S/C16H19NO3S/c1-3-20-14-7-5-4-6-12(14)16(19)17-10-13(18)15-11(2)8-9-21-15/h4-9,13,18H,3,10H2,1-2H3,(H,17,19). The van der Waals surface area contributed by atoms with E-state index in [1.807, 2.05) is 31.4 Å². The van der Waals surface area contributed by atoms with Gasteiger partial charge in [0.15, 0.2) is 0 Å². The van der Waals surface area contributed by atoms with Crippen LogP contribution in [0, 0.1) is 6.92 Å². The summed E-state index contributed by atoms with van der Waals surface area (Å²) in [5, 5.41) is 14.8. The van der Waals surface area contributed by atoms with Gasteiger partial charge in [0, 0.05) is 11.4 Å². The molecule has 112 valence electrons. The summed E-state index contributed by atoms with van der Waals surface area (Å²) in [4.78, 5) is 13.1. The fourth-order valence-electron chi connectivity index (χ4n) is 2.04. The van der Waals surface area contributed by atoms with Gasteiger partial charge in [-0.05, 0) is 43.0 Å². The number of para-hydroxylation sites is 1. The first-order valence-electron chi connectivity index (χ1n) is 6.85. The molecule has 1 amide bonds. The molecule has 0 saturated carbocycles. The molecule has 21 heavy (non-hydrogen) atoms. The Morgan fingerprint density at radius 1 is 1.38 bits per heavy atom. The highest BCUT2D eigenvalue weighted by Gasteiger charge is 2.16. The fraction of sp³-hybridized carbons (Fsp3) is 0.312. The zero-order chi connectivity index (χ0) is 15.2. The Labute approximate surface area is 128 Å². The van der Waals surface area contributed by atoms with E-state index in [-0.39, 0.29) is 12.5 Å². The summed E-state index contributed by atoms with van der Waals surface area (Å²) in [7, 11) is 0. The lowest BCUT2D eigenvalue weighted by Crippen LogP contribution is -2.28. The number of aliphatic hydroxyl groups is 1. The molecule has 1 atom stereocenters. The van der Waals surface area contributed by atoms with Crippen molar-refractivity contribution in [3.8, 4) is 5.75 Å². The molecule has 2 rings (SSSR count). The van der Waals surface area contributed by atoms with E-state index < -0.39 is 6.10 Å². The van der Waals surface area contributed by atoms with Crippen LogP contribution in [0.5, 0.6) is 5.75 Å². The van der Waals surface area contributed by atoms with E-state index in [1.54, 1.807) is 18.2 Å². The molecule has 5 heteroatoms.